The van der Waals surface area contributed by atoms with Gasteiger partial charge in [-0.05, 0) is 49.6 Å². The van der Waals surface area contributed by atoms with Crippen molar-refractivity contribution >= 4 is 23.0 Å². The molecule has 2 heterocycles. The van der Waals surface area contributed by atoms with E-state index < -0.39 is 17.9 Å². The zero-order valence-corrected chi connectivity index (χ0v) is 17.6. The highest BCUT2D eigenvalue weighted by atomic mass is 16.6. The van der Waals surface area contributed by atoms with E-state index in [1.807, 2.05) is 0 Å². The average molecular weight is 409 g/mol. The van der Waals surface area contributed by atoms with Gasteiger partial charge in [0, 0.05) is 11.4 Å². The number of rotatable bonds is 5. The Balaban J connectivity index is 2.34. The van der Waals surface area contributed by atoms with Gasteiger partial charge < -0.3 is 14.4 Å². The molecule has 1 aromatic heterocycles. The Morgan fingerprint density at radius 2 is 1.87 bits per heavy atom. The molecule has 1 unspecified atom stereocenters. The molecule has 1 aliphatic rings. The van der Waals surface area contributed by atoms with Gasteiger partial charge in [0.25, 0.3) is 0 Å². The summed E-state index contributed by atoms with van der Waals surface area (Å²) in [6, 6.07) is 5.28. The van der Waals surface area contributed by atoms with E-state index in [1.165, 1.54) is 7.11 Å². The van der Waals surface area contributed by atoms with Gasteiger partial charge in [0.15, 0.2) is 0 Å². The third kappa shape index (κ3) is 3.54. The lowest BCUT2D eigenvalue weighted by molar-refractivity contribution is -0.143. The summed E-state index contributed by atoms with van der Waals surface area (Å²) in [4.78, 5) is 27.8. The van der Waals surface area contributed by atoms with Crippen LogP contribution < -0.4 is 0 Å². The lowest BCUT2D eigenvalue weighted by atomic mass is 9.79. The van der Waals surface area contributed by atoms with Gasteiger partial charge >= 0.3 is 11.9 Å². The largest absolute Gasteiger partial charge is 0.466 e. The third-order valence-corrected chi connectivity index (χ3v) is 5.01. The van der Waals surface area contributed by atoms with E-state index in [1.54, 1.807) is 50.8 Å². The molecule has 2 aromatic rings. The number of terminal acetylenes is 1. The minimum atomic E-state index is -0.784. The van der Waals surface area contributed by atoms with Gasteiger partial charge in [-0.3, -0.25) is 0 Å². The number of aromatic nitrogens is 2. The van der Waals surface area contributed by atoms with E-state index in [4.69, 9.17) is 20.5 Å². The van der Waals surface area contributed by atoms with Crippen molar-refractivity contribution in [3.63, 3.8) is 0 Å². The van der Waals surface area contributed by atoms with Crippen molar-refractivity contribution in [1.82, 2.24) is 15.2 Å². The maximum Gasteiger partial charge on any atom is 0.337 e. The molecule has 8 heteroatoms. The first-order valence-corrected chi connectivity index (χ1v) is 9.44. The zero-order valence-electron chi connectivity index (χ0n) is 17.6. The first-order chi connectivity index (χ1) is 14.3. The second-order valence-electron chi connectivity index (χ2n) is 7.15. The summed E-state index contributed by atoms with van der Waals surface area (Å²) in [6.07, 6.45) is 5.20. The van der Waals surface area contributed by atoms with E-state index in [9.17, 15) is 9.59 Å². The van der Waals surface area contributed by atoms with Crippen LogP contribution in [0.15, 0.2) is 45.4 Å². The first kappa shape index (κ1) is 21.1. The van der Waals surface area contributed by atoms with Gasteiger partial charge in [-0.25, -0.2) is 14.2 Å². The molecule has 0 bridgehead atoms. The molecule has 0 spiro atoms. The van der Waals surface area contributed by atoms with Crippen LogP contribution in [0.4, 0.5) is 0 Å². The standard InChI is InChI=1S/C22H23N3O5/c1-7-11-25-13(4)17(21(26)28-6)19(18(14(25)5)22(27)29-12(2)3)15-9-8-10-16-20(15)24-30-23-16/h1,8-10,12,19H,11H2,2-6H3. The zero-order chi connectivity index (χ0) is 22.0. The molecule has 1 aromatic carbocycles. The van der Waals surface area contributed by atoms with Gasteiger partial charge in [0.2, 0.25) is 0 Å². The Kier molecular flexibility index (Phi) is 5.92. The molecule has 3 rings (SSSR count). The number of carbonyl (C=O) groups is 2. The van der Waals surface area contributed by atoms with Crippen LogP contribution in [0.5, 0.6) is 0 Å². The first-order valence-electron chi connectivity index (χ1n) is 9.44. The summed E-state index contributed by atoms with van der Waals surface area (Å²) in [5.74, 6) is 0.670. The lowest BCUT2D eigenvalue weighted by Crippen LogP contribution is -2.36. The Morgan fingerprint density at radius 3 is 2.47 bits per heavy atom. The summed E-state index contributed by atoms with van der Waals surface area (Å²) in [5, 5.41) is 7.87. The lowest BCUT2D eigenvalue weighted by Gasteiger charge is -2.37. The molecule has 30 heavy (non-hydrogen) atoms. The van der Waals surface area contributed by atoms with Gasteiger partial charge in [-0.1, -0.05) is 18.1 Å². The summed E-state index contributed by atoms with van der Waals surface area (Å²) < 4.78 is 15.5. The van der Waals surface area contributed by atoms with E-state index in [0.717, 1.165) is 0 Å². The van der Waals surface area contributed by atoms with Crippen LogP contribution >= 0.6 is 0 Å². The smallest absolute Gasteiger partial charge is 0.337 e. The summed E-state index contributed by atoms with van der Waals surface area (Å²) >= 11 is 0. The van der Waals surface area contributed by atoms with E-state index in [-0.39, 0.29) is 18.2 Å². The highest BCUT2D eigenvalue weighted by Crippen LogP contribution is 2.44. The quantitative estimate of drug-likeness (QED) is 0.550. The number of allylic oxidation sites excluding steroid dienone is 2. The normalized spacial score (nSPS) is 16.8. The fourth-order valence-electron chi connectivity index (χ4n) is 3.72. The van der Waals surface area contributed by atoms with Gasteiger partial charge in [0.1, 0.15) is 11.0 Å². The number of benzene rings is 1. The van der Waals surface area contributed by atoms with Gasteiger partial charge in [-0.15, -0.1) is 6.42 Å². The summed E-state index contributed by atoms with van der Waals surface area (Å²) in [5.41, 5.74) is 3.31. The molecule has 0 N–H and O–H groups in total. The number of fused-ring (bicyclic) bond motifs is 1. The predicted octanol–water partition coefficient (Wildman–Crippen LogP) is 2.93. The number of esters is 2. The Morgan fingerprint density at radius 1 is 1.20 bits per heavy atom. The van der Waals surface area contributed by atoms with Crippen LogP contribution in [-0.2, 0) is 19.1 Å². The highest BCUT2D eigenvalue weighted by molar-refractivity contribution is 6.01. The number of carbonyl (C=O) groups excluding carboxylic acids is 2. The third-order valence-electron chi connectivity index (χ3n) is 5.01. The minimum Gasteiger partial charge on any atom is -0.466 e. The highest BCUT2D eigenvalue weighted by Gasteiger charge is 2.41. The molecule has 1 atom stereocenters. The molecular formula is C22H23N3O5. The second-order valence-corrected chi connectivity index (χ2v) is 7.15. The maximum absolute atomic E-state index is 13.2. The van der Waals surface area contributed by atoms with E-state index in [0.29, 0.717) is 33.6 Å². The number of ether oxygens (including phenoxy) is 2. The maximum atomic E-state index is 13.2. The van der Waals surface area contributed by atoms with Crippen LogP contribution in [-0.4, -0.2) is 46.9 Å². The van der Waals surface area contributed by atoms with Crippen LogP contribution in [0, 0.1) is 12.3 Å². The Bertz CT molecular complexity index is 1100. The van der Waals surface area contributed by atoms with E-state index >= 15 is 0 Å². The molecule has 0 aliphatic carbocycles. The minimum absolute atomic E-state index is 0.180. The topological polar surface area (TPSA) is 94.8 Å². The molecular weight excluding hydrogens is 386 g/mol. The molecule has 0 amide bonds. The van der Waals surface area contributed by atoms with Crippen molar-refractivity contribution in [3.8, 4) is 12.3 Å². The van der Waals surface area contributed by atoms with Crippen LogP contribution in [0.2, 0.25) is 0 Å². The number of nitrogens with zero attached hydrogens (tertiary/aromatic N) is 3. The number of hydrogen-bond donors (Lipinski definition) is 0. The van der Waals surface area contributed by atoms with Crippen molar-refractivity contribution in [1.29, 1.82) is 0 Å². The average Bonchev–Trinajstić information content (AvgIpc) is 3.18. The Hall–Kier alpha value is -3.60. The SMILES string of the molecule is C#CCN1C(C)=C(C(=O)OC)C(c2cccc3nonc23)C(C(=O)OC(C)C)=C1C. The molecule has 1 aliphatic heterocycles. The number of methoxy groups -OCH3 is 1. The molecule has 8 nitrogen and oxygen atoms in total. The Labute approximate surface area is 174 Å². The van der Waals surface area contributed by atoms with Crippen LogP contribution in [0.1, 0.15) is 39.2 Å². The van der Waals surface area contributed by atoms with Crippen molar-refractivity contribution < 1.29 is 23.7 Å². The molecule has 0 saturated carbocycles. The molecule has 0 saturated heterocycles. The van der Waals surface area contributed by atoms with E-state index in [2.05, 4.69) is 16.2 Å². The van der Waals surface area contributed by atoms with Crippen molar-refractivity contribution in [2.45, 2.75) is 39.7 Å². The number of hydrogen-bond acceptors (Lipinski definition) is 8. The second kappa shape index (κ2) is 8.41. The predicted molar refractivity (Wildman–Crippen MR) is 109 cm³/mol. The van der Waals surface area contributed by atoms with Crippen molar-refractivity contribution in [3.05, 3.63) is 46.3 Å². The van der Waals surface area contributed by atoms with Crippen molar-refractivity contribution in [2.75, 3.05) is 13.7 Å². The molecule has 0 radical (unpaired) electrons. The van der Waals surface area contributed by atoms with Crippen LogP contribution in [0.3, 0.4) is 0 Å². The molecule has 156 valence electrons. The fourth-order valence-corrected chi connectivity index (χ4v) is 3.72. The monoisotopic (exact) mass is 409 g/mol. The van der Waals surface area contributed by atoms with Gasteiger partial charge in [0.05, 0.1) is 36.8 Å². The molecule has 0 fully saturated rings. The van der Waals surface area contributed by atoms with Gasteiger partial charge in [-0.2, -0.15) is 0 Å². The van der Waals surface area contributed by atoms with Crippen molar-refractivity contribution in [2.24, 2.45) is 0 Å². The van der Waals surface area contributed by atoms with Crippen LogP contribution in [0.25, 0.3) is 11.0 Å². The summed E-state index contributed by atoms with van der Waals surface area (Å²) in [7, 11) is 1.29. The fraction of sp³-hybridized carbons (Fsp3) is 0.364. The summed E-state index contributed by atoms with van der Waals surface area (Å²) in [6.45, 7) is 7.25.